The maximum Gasteiger partial charge on any atom is 0.0455 e. The first-order chi connectivity index (χ1) is 9.84. The van der Waals surface area contributed by atoms with Gasteiger partial charge in [0.2, 0.25) is 0 Å². The Bertz CT molecular complexity index is 557. The summed E-state index contributed by atoms with van der Waals surface area (Å²) in [6.45, 7) is 8.54. The number of rotatable bonds is 2. The number of halogens is 3. The Hall–Kier alpha value is -0.500. The topological polar surface area (TPSA) is 0 Å². The molecule has 0 spiro atoms. The Morgan fingerprint density at radius 1 is 0.762 bits per heavy atom. The molecule has 114 valence electrons. The Kier molecular flexibility index (Phi) is 7.79. The molecule has 0 bridgehead atoms. The Labute approximate surface area is 146 Å². The van der Waals surface area contributed by atoms with E-state index >= 15 is 0 Å². The first-order valence-electron chi connectivity index (χ1n) is 7.03. The summed E-state index contributed by atoms with van der Waals surface area (Å²) in [6.07, 6.45) is 0. The zero-order valence-corrected chi connectivity index (χ0v) is 15.9. The first kappa shape index (κ1) is 18.5. The van der Waals surface area contributed by atoms with Crippen molar-refractivity contribution in [3.8, 4) is 0 Å². The van der Waals surface area contributed by atoms with E-state index in [0.29, 0.717) is 11.8 Å². The summed E-state index contributed by atoms with van der Waals surface area (Å²) in [7, 11) is 0. The van der Waals surface area contributed by atoms with Crippen molar-refractivity contribution in [1.29, 1.82) is 0 Å². The van der Waals surface area contributed by atoms with Crippen LogP contribution in [0.1, 0.15) is 50.7 Å². The van der Waals surface area contributed by atoms with E-state index in [2.05, 4.69) is 61.8 Å². The summed E-state index contributed by atoms with van der Waals surface area (Å²) in [5, 5.41) is 1.51. The van der Waals surface area contributed by atoms with Gasteiger partial charge in [-0.1, -0.05) is 91.1 Å². The van der Waals surface area contributed by atoms with Crippen LogP contribution in [0.25, 0.3) is 0 Å². The van der Waals surface area contributed by atoms with E-state index in [-0.39, 0.29) is 0 Å². The second-order valence-corrected chi connectivity index (χ2v) is 7.13. The molecule has 0 amide bonds. The molecule has 0 aliphatic carbocycles. The molecule has 0 heterocycles. The molecule has 0 radical (unpaired) electrons. The number of benzene rings is 2. The Morgan fingerprint density at radius 2 is 1.29 bits per heavy atom. The van der Waals surface area contributed by atoms with Gasteiger partial charge in [0.15, 0.2) is 0 Å². The normalized spacial score (nSPS) is 10.5. The summed E-state index contributed by atoms with van der Waals surface area (Å²) < 4.78 is 1.21. The van der Waals surface area contributed by atoms with Gasteiger partial charge in [0.25, 0.3) is 0 Å². The van der Waals surface area contributed by atoms with Crippen LogP contribution in [-0.2, 0) is 0 Å². The second-order valence-electron chi connectivity index (χ2n) is 5.47. The van der Waals surface area contributed by atoms with Crippen LogP contribution < -0.4 is 0 Å². The third kappa shape index (κ3) is 5.65. The largest absolute Gasteiger partial charge is 0.0840 e. The maximum absolute atomic E-state index is 5.94. The van der Waals surface area contributed by atoms with Gasteiger partial charge in [-0.25, -0.2) is 0 Å². The summed E-state index contributed by atoms with van der Waals surface area (Å²) in [5.74, 6) is 0.992. The van der Waals surface area contributed by atoms with E-state index in [1.54, 1.807) is 0 Å². The second kappa shape index (κ2) is 8.82. The van der Waals surface area contributed by atoms with Crippen LogP contribution in [0.2, 0.25) is 10.0 Å². The molecular weight excluding hydrogens is 367 g/mol. The fourth-order valence-corrected chi connectivity index (χ4v) is 3.58. The fraction of sp³-hybridized carbons (Fsp3) is 0.333. The summed E-state index contributed by atoms with van der Waals surface area (Å²) in [4.78, 5) is 0. The van der Waals surface area contributed by atoms with E-state index in [0.717, 1.165) is 15.6 Å². The van der Waals surface area contributed by atoms with Crippen LogP contribution in [0.5, 0.6) is 0 Å². The lowest BCUT2D eigenvalue weighted by Gasteiger charge is -2.09. The standard InChI is InChI=1S/C9H11Br.C9H10Cl2/c1-7(2)8-5-3-4-6-9(8)10;1-6(2)9-7(10)4-3-5-8(9)11/h3-7H,1-2H3;3-6H,1-2H3. The van der Waals surface area contributed by atoms with Crippen molar-refractivity contribution in [1.82, 2.24) is 0 Å². The van der Waals surface area contributed by atoms with Crippen molar-refractivity contribution in [2.45, 2.75) is 39.5 Å². The van der Waals surface area contributed by atoms with Gasteiger partial charge in [0, 0.05) is 14.5 Å². The molecular formula is C18H21BrCl2. The van der Waals surface area contributed by atoms with Crippen LogP contribution in [0.15, 0.2) is 46.9 Å². The van der Waals surface area contributed by atoms with Gasteiger partial charge in [-0.3, -0.25) is 0 Å². The highest BCUT2D eigenvalue weighted by atomic mass is 79.9. The van der Waals surface area contributed by atoms with E-state index in [4.69, 9.17) is 23.2 Å². The molecule has 0 aliphatic rings. The monoisotopic (exact) mass is 386 g/mol. The molecule has 3 heteroatoms. The van der Waals surface area contributed by atoms with Crippen LogP contribution in [-0.4, -0.2) is 0 Å². The minimum absolute atomic E-state index is 0.385. The average Bonchev–Trinajstić information content (AvgIpc) is 2.39. The van der Waals surface area contributed by atoms with E-state index in [1.165, 1.54) is 10.0 Å². The predicted molar refractivity (Wildman–Crippen MR) is 98.8 cm³/mol. The zero-order valence-electron chi connectivity index (χ0n) is 12.8. The van der Waals surface area contributed by atoms with Crippen LogP contribution in [0, 0.1) is 0 Å². The molecule has 0 nitrogen and oxygen atoms in total. The minimum atomic E-state index is 0.385. The smallest absolute Gasteiger partial charge is 0.0455 e. The van der Waals surface area contributed by atoms with Gasteiger partial charge in [0.05, 0.1) is 0 Å². The molecule has 0 saturated carbocycles. The third-order valence-corrected chi connectivity index (χ3v) is 4.49. The molecule has 0 N–H and O–H groups in total. The lowest BCUT2D eigenvalue weighted by molar-refractivity contribution is 0.861. The number of hydrogen-bond acceptors (Lipinski definition) is 0. The van der Waals surface area contributed by atoms with Crippen LogP contribution >= 0.6 is 39.1 Å². The van der Waals surface area contributed by atoms with Gasteiger partial charge >= 0.3 is 0 Å². The lowest BCUT2D eigenvalue weighted by atomic mass is 10.0. The van der Waals surface area contributed by atoms with E-state index in [1.807, 2.05) is 24.3 Å². The van der Waals surface area contributed by atoms with E-state index in [9.17, 15) is 0 Å². The van der Waals surface area contributed by atoms with Gasteiger partial charge in [-0.05, 0) is 41.2 Å². The zero-order chi connectivity index (χ0) is 16.0. The van der Waals surface area contributed by atoms with Crippen molar-refractivity contribution in [3.05, 3.63) is 68.1 Å². The van der Waals surface area contributed by atoms with E-state index < -0.39 is 0 Å². The summed E-state index contributed by atoms with van der Waals surface area (Å²) in [6, 6.07) is 13.9. The quantitative estimate of drug-likeness (QED) is 0.495. The SMILES string of the molecule is CC(C)c1c(Cl)cccc1Cl.CC(C)c1ccccc1Br. The minimum Gasteiger partial charge on any atom is -0.0840 e. The predicted octanol–water partition coefficient (Wildman–Crippen LogP) is 7.69. The molecule has 0 aliphatic heterocycles. The Balaban J connectivity index is 0.000000211. The van der Waals surface area contributed by atoms with Crippen molar-refractivity contribution >= 4 is 39.1 Å². The summed E-state index contributed by atoms with van der Waals surface area (Å²) >= 11 is 15.4. The van der Waals surface area contributed by atoms with Gasteiger partial charge in [-0.2, -0.15) is 0 Å². The highest BCUT2D eigenvalue weighted by Gasteiger charge is 2.07. The highest BCUT2D eigenvalue weighted by Crippen LogP contribution is 2.30. The van der Waals surface area contributed by atoms with Crippen molar-refractivity contribution in [2.24, 2.45) is 0 Å². The molecule has 0 fully saturated rings. The molecule has 2 rings (SSSR count). The Morgan fingerprint density at radius 3 is 1.62 bits per heavy atom. The molecule has 0 aromatic heterocycles. The van der Waals surface area contributed by atoms with Crippen molar-refractivity contribution in [2.75, 3.05) is 0 Å². The molecule has 0 saturated heterocycles. The highest BCUT2D eigenvalue weighted by molar-refractivity contribution is 9.10. The summed E-state index contributed by atoms with van der Waals surface area (Å²) in [5.41, 5.74) is 2.42. The van der Waals surface area contributed by atoms with Crippen LogP contribution in [0.3, 0.4) is 0 Å². The fourth-order valence-electron chi connectivity index (χ4n) is 2.01. The molecule has 21 heavy (non-hydrogen) atoms. The first-order valence-corrected chi connectivity index (χ1v) is 8.57. The third-order valence-electron chi connectivity index (χ3n) is 3.10. The average molecular weight is 388 g/mol. The molecule has 2 aromatic carbocycles. The molecule has 2 aromatic rings. The van der Waals surface area contributed by atoms with Crippen molar-refractivity contribution < 1.29 is 0 Å². The molecule has 0 unspecified atom stereocenters. The van der Waals surface area contributed by atoms with Crippen LogP contribution in [0.4, 0.5) is 0 Å². The van der Waals surface area contributed by atoms with Gasteiger partial charge < -0.3 is 0 Å². The van der Waals surface area contributed by atoms with Crippen molar-refractivity contribution in [3.63, 3.8) is 0 Å². The maximum atomic E-state index is 5.94. The van der Waals surface area contributed by atoms with Gasteiger partial charge in [-0.15, -0.1) is 0 Å². The lowest BCUT2D eigenvalue weighted by Crippen LogP contribution is -1.89. The van der Waals surface area contributed by atoms with Gasteiger partial charge in [0.1, 0.15) is 0 Å². The number of hydrogen-bond donors (Lipinski definition) is 0. The molecule has 0 atom stereocenters.